The molecule has 6 atom stereocenters. The van der Waals surface area contributed by atoms with E-state index in [1.165, 1.54) is 18.2 Å². The molecule has 568 valence electrons. The molecule has 6 unspecified atom stereocenters. The molecule has 0 spiro atoms. The van der Waals surface area contributed by atoms with Gasteiger partial charge >= 0.3 is 21.3 Å². The van der Waals surface area contributed by atoms with Crippen molar-refractivity contribution in [3.63, 3.8) is 0 Å². The third-order valence-corrected chi connectivity index (χ3v) is 20.9. The topological polar surface area (TPSA) is 514 Å². The first-order valence-electron chi connectivity index (χ1n) is 33.0. The normalized spacial score (nSPS) is 18.7. The predicted molar refractivity (Wildman–Crippen MR) is 382 cm³/mol. The second-order valence-electron chi connectivity index (χ2n) is 24.9. The zero-order valence-corrected chi connectivity index (χ0v) is 61.0. The summed E-state index contributed by atoms with van der Waals surface area (Å²) in [6, 6.07) is 28.6. The van der Waals surface area contributed by atoms with Crippen LogP contribution >= 0.6 is 15.6 Å². The highest BCUT2D eigenvalue weighted by molar-refractivity contribution is 7.86. The Bertz CT molecular complexity index is 4760. The summed E-state index contributed by atoms with van der Waals surface area (Å²) in [5.74, 6) is 3.62. The number of fused-ring (bicyclic) bond motifs is 2. The number of H-pyrrole nitrogens is 1. The Morgan fingerprint density at radius 3 is 2.37 bits per heavy atom. The lowest BCUT2D eigenvalue weighted by Crippen LogP contribution is -2.34. The summed E-state index contributed by atoms with van der Waals surface area (Å²) in [7, 11) is -19.5. The maximum Gasteiger partial charge on any atom is 0.481 e. The molecule has 5 aromatic rings. The van der Waals surface area contributed by atoms with Crippen LogP contribution in [0.5, 0.6) is 5.75 Å². The van der Waals surface area contributed by atoms with Crippen molar-refractivity contribution in [1.29, 1.82) is 0 Å². The lowest BCUT2D eigenvalue weighted by molar-refractivity contribution is -0.438. The van der Waals surface area contributed by atoms with Gasteiger partial charge in [-0.3, -0.25) is 42.4 Å². The number of phosphoric acid groups is 2. The van der Waals surface area contributed by atoms with E-state index in [1.807, 2.05) is 74.5 Å². The number of aromatic nitrogens is 2. The van der Waals surface area contributed by atoms with E-state index >= 15 is 0 Å². The van der Waals surface area contributed by atoms with Crippen LogP contribution in [-0.2, 0) is 77.6 Å². The third-order valence-electron chi connectivity index (χ3n) is 17.1. The van der Waals surface area contributed by atoms with Crippen molar-refractivity contribution in [1.82, 2.24) is 25.5 Å². The molecule has 3 aliphatic rings. The molecule has 0 aliphatic carbocycles. The fourth-order valence-corrected chi connectivity index (χ4v) is 14.8. The molecular weight excluding hydrogens is 1470 g/mol. The van der Waals surface area contributed by atoms with Crippen molar-refractivity contribution in [3.05, 3.63) is 191 Å². The van der Waals surface area contributed by atoms with Gasteiger partial charge in [0.05, 0.1) is 48.5 Å². The molecule has 4 aromatic carbocycles. The lowest BCUT2D eigenvalue weighted by Gasteiger charge is -2.30. The second kappa shape index (κ2) is 37.4. The van der Waals surface area contributed by atoms with Gasteiger partial charge in [0.15, 0.2) is 11.9 Å². The van der Waals surface area contributed by atoms with Gasteiger partial charge < -0.3 is 59.2 Å². The van der Waals surface area contributed by atoms with Crippen LogP contribution in [0.15, 0.2) is 152 Å². The summed E-state index contributed by atoms with van der Waals surface area (Å²) in [4.78, 5) is 101. The number of unbranched alkanes of at least 4 members (excludes halogenated alkanes) is 3. The van der Waals surface area contributed by atoms with Gasteiger partial charge in [0.2, 0.25) is 17.5 Å². The van der Waals surface area contributed by atoms with E-state index in [1.54, 1.807) is 24.3 Å². The van der Waals surface area contributed by atoms with Gasteiger partial charge in [-0.2, -0.15) is 25.7 Å². The summed E-state index contributed by atoms with van der Waals surface area (Å²) >= 11 is 0. The molecule has 9 N–H and O–H groups in total. The largest absolute Gasteiger partial charge is 0.491 e. The number of aromatic amines is 1. The number of ether oxygens (including phenoxy) is 5. The quantitative estimate of drug-likeness (QED) is 0.00273. The van der Waals surface area contributed by atoms with E-state index in [9.17, 15) is 69.5 Å². The van der Waals surface area contributed by atoms with Gasteiger partial charge in [-0.25, -0.2) is 13.9 Å². The highest BCUT2D eigenvalue weighted by Crippen LogP contribution is 2.58. The summed E-state index contributed by atoms with van der Waals surface area (Å²) in [5.41, 5.74) is 20.8. The molecule has 8 rings (SSSR count). The van der Waals surface area contributed by atoms with Crippen LogP contribution in [0.4, 0.5) is 17.1 Å². The van der Waals surface area contributed by atoms with Gasteiger partial charge in [0.25, 0.3) is 31.7 Å². The summed E-state index contributed by atoms with van der Waals surface area (Å²) in [6.07, 6.45) is 5.41. The molecule has 0 radical (unpaired) electrons. The molecule has 1 fully saturated rings. The number of carbonyl (C=O) groups is 3. The Morgan fingerprint density at radius 2 is 1.63 bits per heavy atom. The number of hydrogen-bond acceptors (Lipinski definition) is 21. The molecule has 3 aliphatic heterocycles. The lowest BCUT2D eigenvalue weighted by atomic mass is 9.77. The van der Waals surface area contributed by atoms with Gasteiger partial charge in [0, 0.05) is 94.1 Å². The Labute approximate surface area is 608 Å². The molecule has 36 nitrogen and oxygen atoms in total. The molecule has 4 heterocycles. The van der Waals surface area contributed by atoms with E-state index in [-0.39, 0.29) is 92.1 Å². The zero-order chi connectivity index (χ0) is 76.9. The van der Waals surface area contributed by atoms with E-state index in [2.05, 4.69) is 90.2 Å². The number of nitrogens with one attached hydrogen (secondary N) is 4. The molecule has 1 aromatic heterocycles. The molecule has 3 amide bonds. The number of carbonyl (C=O) groups excluding carboxylic acids is 3. The number of amides is 3. The number of rotatable bonds is 39. The Kier molecular flexibility index (Phi) is 29.1. The molecule has 0 saturated carbocycles. The molecule has 40 heteroatoms. The van der Waals surface area contributed by atoms with Crippen LogP contribution in [0.1, 0.15) is 105 Å². The number of para-hydroxylation sites is 2. The zero-order valence-electron chi connectivity index (χ0n) is 57.6. The number of anilines is 2. The Morgan fingerprint density at radius 1 is 0.877 bits per heavy atom. The Hall–Kier alpha value is -9.18. The van der Waals surface area contributed by atoms with E-state index in [0.29, 0.717) is 44.2 Å². The standard InChI is InChI=1S/C66H79N13O23P2S2/c1-65(2)51-38-49(106(93,94)95)27-28-52(51)77(56(65)24-15-25-57-66(3,29-11-13-36-105(90,91)92)50-22-9-10-23-53(50)79(57)47-19-6-4-7-20-47)33-12-5-8-26-58(80)70-31-32-71-62(82)45-17-14-21-48(37-45)98-43-60(74-76-68)97-35-34-96-42-59(81)69-30-16-18-46-40-78(64(84)73-63(46)83)61-39-54(99-44-72-75-67)55(101-61)41-100-104(88,89)102-103(85,86)87/h4,6-7,9-10,14-15,17,19-25,27-28,37-38,40,54-55,60-61H,5,8,11-13,26,29-36,39,41-44H2,1-3H3,(H8-,69,70,71,73,80,81,82,83,84,85,86,87,88,89,90,91,92,93,94,95)/p+1. The smallest absolute Gasteiger partial charge is 0.481 e. The molecule has 106 heavy (non-hydrogen) atoms. The SMILES string of the molecule is CC1(C)C(C=CC=C2N(c3ccccc3)c3ccccc3C2(C)CCCCS(=O)(=O)O)=[N+](CCCCCC(=O)NCCNC(=O)c2cccc(OCC(N=[N+]=[N-])OCCOCC(=O)NCC#Cc3cn(C4CC(OCN=[N+]=[N-])C(COP(=O)(O)OP(=O)(O)O)O4)c(=O)[nH]c3=O)c2)c2ccc(S(=O)(=O)O)cc21. The summed E-state index contributed by atoms with van der Waals surface area (Å²) < 4.78 is 130. The molecule has 1 saturated heterocycles. The fourth-order valence-electron chi connectivity index (χ4n) is 12.1. The van der Waals surface area contributed by atoms with Gasteiger partial charge in [-0.15, -0.1) is 0 Å². The highest BCUT2D eigenvalue weighted by Gasteiger charge is 2.47. The minimum atomic E-state index is -5.46. The van der Waals surface area contributed by atoms with Crippen LogP contribution in [0.25, 0.3) is 20.9 Å². The van der Waals surface area contributed by atoms with Crippen molar-refractivity contribution in [2.24, 2.45) is 10.2 Å². The third kappa shape index (κ3) is 23.4. The number of azide groups is 2. The van der Waals surface area contributed by atoms with Crippen LogP contribution < -0.4 is 36.8 Å². The number of allylic oxidation sites excluding steroid dienone is 4. The van der Waals surface area contributed by atoms with Gasteiger partial charge in [-0.1, -0.05) is 77.0 Å². The van der Waals surface area contributed by atoms with Crippen LogP contribution in [0.2, 0.25) is 0 Å². The van der Waals surface area contributed by atoms with Crippen molar-refractivity contribution >= 4 is 76.4 Å². The van der Waals surface area contributed by atoms with Crippen LogP contribution in [0.3, 0.4) is 0 Å². The van der Waals surface area contributed by atoms with Crippen molar-refractivity contribution < 1.29 is 101 Å². The number of benzene rings is 4. The molecule has 0 bridgehead atoms. The van der Waals surface area contributed by atoms with Crippen molar-refractivity contribution in [2.45, 2.75) is 113 Å². The van der Waals surface area contributed by atoms with E-state index < -0.39 is 114 Å². The average Bonchev–Trinajstić information content (AvgIpc) is 1.58. The van der Waals surface area contributed by atoms with Gasteiger partial charge in [0.1, 0.15) is 50.1 Å². The number of hydrogen-bond donors (Lipinski definition) is 9. The van der Waals surface area contributed by atoms with Crippen LogP contribution in [0, 0.1) is 11.8 Å². The second-order valence-corrected chi connectivity index (χ2v) is 30.7. The van der Waals surface area contributed by atoms with Crippen LogP contribution in [-0.4, -0.2) is 168 Å². The van der Waals surface area contributed by atoms with Gasteiger partial charge in [-0.05, 0) is 118 Å². The minimum absolute atomic E-state index is 0.0957. The monoisotopic (exact) mass is 1550 g/mol. The number of phosphoric ester groups is 1. The molecular formula is C66H80N13O23P2S2+. The predicted octanol–water partition coefficient (Wildman–Crippen LogP) is 7.26. The van der Waals surface area contributed by atoms with Crippen molar-refractivity contribution in [2.75, 3.05) is 76.6 Å². The Balaban J connectivity index is 0.762. The number of nitrogens with zero attached hydrogens (tertiary/aromatic N) is 9. The average molecular weight is 1550 g/mol. The maximum absolute atomic E-state index is 13.2. The summed E-state index contributed by atoms with van der Waals surface area (Å²) in [6.45, 7) is 4.04. The van der Waals surface area contributed by atoms with Crippen molar-refractivity contribution in [3.8, 4) is 17.6 Å². The fraction of sp³-hybridized carbons (Fsp3) is 0.424. The first kappa shape index (κ1) is 82.5. The minimum Gasteiger partial charge on any atom is -0.491 e. The first-order chi connectivity index (χ1) is 50.3. The summed E-state index contributed by atoms with van der Waals surface area (Å²) in [5, 5.41) is 14.8. The highest BCUT2D eigenvalue weighted by atomic mass is 32.2. The maximum atomic E-state index is 13.2. The first-order valence-corrected chi connectivity index (χ1v) is 39.1. The van der Waals surface area contributed by atoms with E-state index in [4.69, 9.17) is 39.0 Å². The van der Waals surface area contributed by atoms with E-state index in [0.717, 1.165) is 44.8 Å².